The number of benzene rings is 2. The predicted molar refractivity (Wildman–Crippen MR) is 124 cm³/mol. The molecule has 3 nitrogen and oxygen atoms in total. The van der Waals surface area contributed by atoms with Gasteiger partial charge in [-0.05, 0) is 31.4 Å². The van der Waals surface area contributed by atoms with Crippen molar-refractivity contribution in [3.63, 3.8) is 0 Å². The highest BCUT2D eigenvalue weighted by molar-refractivity contribution is 9.09. The average Bonchev–Trinajstić information content (AvgIpc) is 2.76. The molecule has 0 fully saturated rings. The van der Waals surface area contributed by atoms with Crippen molar-refractivity contribution in [2.75, 3.05) is 18.5 Å². The highest BCUT2D eigenvalue weighted by Crippen LogP contribution is 2.28. The third-order valence-corrected chi connectivity index (χ3v) is 5.35. The van der Waals surface area contributed by atoms with E-state index in [1.807, 2.05) is 48.5 Å². The molecule has 0 radical (unpaired) electrons. The van der Waals surface area contributed by atoms with E-state index in [0.29, 0.717) is 30.1 Å². The minimum absolute atomic E-state index is 0.0245. The molecule has 29 heavy (non-hydrogen) atoms. The average molecular weight is 461 g/mol. The van der Waals surface area contributed by atoms with Gasteiger partial charge in [-0.3, -0.25) is 4.79 Å². The second-order valence-electron chi connectivity index (χ2n) is 7.21. The van der Waals surface area contributed by atoms with Crippen molar-refractivity contribution >= 4 is 21.7 Å². The van der Waals surface area contributed by atoms with Gasteiger partial charge in [-0.1, -0.05) is 85.3 Å². The summed E-state index contributed by atoms with van der Waals surface area (Å²) in [5.74, 6) is 1.34. The summed E-state index contributed by atoms with van der Waals surface area (Å²) in [5, 5.41) is 0.952. The lowest BCUT2D eigenvalue weighted by Gasteiger charge is -2.14. The summed E-state index contributed by atoms with van der Waals surface area (Å²) in [7, 11) is 0. The van der Waals surface area contributed by atoms with Gasteiger partial charge in [0, 0.05) is 17.0 Å². The van der Waals surface area contributed by atoms with E-state index in [1.165, 1.54) is 32.1 Å². The first-order valence-electron chi connectivity index (χ1n) is 10.8. The summed E-state index contributed by atoms with van der Waals surface area (Å²) < 4.78 is 11.9. The Morgan fingerprint density at radius 2 is 1.52 bits per heavy atom. The van der Waals surface area contributed by atoms with Crippen LogP contribution >= 0.6 is 15.9 Å². The summed E-state index contributed by atoms with van der Waals surface area (Å²) in [5.41, 5.74) is 1.25. The van der Waals surface area contributed by atoms with Crippen molar-refractivity contribution < 1.29 is 14.3 Å². The highest BCUT2D eigenvalue weighted by atomic mass is 79.9. The van der Waals surface area contributed by atoms with Crippen LogP contribution in [0.2, 0.25) is 0 Å². The zero-order valence-corrected chi connectivity index (χ0v) is 19.1. The van der Waals surface area contributed by atoms with Crippen LogP contribution in [0.5, 0.6) is 11.5 Å². The van der Waals surface area contributed by atoms with E-state index in [2.05, 4.69) is 22.9 Å². The van der Waals surface area contributed by atoms with Gasteiger partial charge in [0.25, 0.3) is 0 Å². The molecule has 0 unspecified atom stereocenters. The van der Waals surface area contributed by atoms with E-state index in [9.17, 15) is 4.79 Å². The van der Waals surface area contributed by atoms with E-state index in [1.54, 1.807) is 0 Å². The Hall–Kier alpha value is -1.81. The minimum Gasteiger partial charge on any atom is -0.493 e. The fourth-order valence-corrected chi connectivity index (χ4v) is 3.49. The standard InChI is InChI=1S/C25H33BrO3/c1-2-3-4-5-6-11-18-28-22-15-16-23(24(20-22)29-19-12-10-17-26)25(27)21-13-8-7-9-14-21/h7-9,13-16,20H,2-6,10-12,17-19H2,1H3. The predicted octanol–water partition coefficient (Wildman–Crippen LogP) is 7.21. The molecule has 0 bridgehead atoms. The summed E-state index contributed by atoms with van der Waals surface area (Å²) in [6, 6.07) is 14.9. The molecular formula is C25H33BrO3. The van der Waals surface area contributed by atoms with Crippen LogP contribution in [0.4, 0.5) is 0 Å². The monoisotopic (exact) mass is 460 g/mol. The first kappa shape index (κ1) is 23.5. The lowest BCUT2D eigenvalue weighted by molar-refractivity contribution is 0.103. The van der Waals surface area contributed by atoms with Crippen LogP contribution < -0.4 is 9.47 Å². The third kappa shape index (κ3) is 8.61. The molecule has 158 valence electrons. The van der Waals surface area contributed by atoms with Crippen LogP contribution in [0.3, 0.4) is 0 Å². The molecule has 4 heteroatoms. The second kappa shape index (κ2) is 14.2. The summed E-state index contributed by atoms with van der Waals surface area (Å²) >= 11 is 3.44. The Labute approximate surface area is 183 Å². The normalized spacial score (nSPS) is 10.7. The number of ether oxygens (including phenoxy) is 2. The lowest BCUT2D eigenvalue weighted by atomic mass is 10.0. The van der Waals surface area contributed by atoms with Gasteiger partial charge in [-0.25, -0.2) is 0 Å². The van der Waals surface area contributed by atoms with Crippen LogP contribution in [0.1, 0.15) is 74.2 Å². The molecule has 2 aromatic rings. The first-order valence-corrected chi connectivity index (χ1v) is 11.9. The maximum absolute atomic E-state index is 12.9. The van der Waals surface area contributed by atoms with Gasteiger partial charge in [0.15, 0.2) is 5.78 Å². The van der Waals surface area contributed by atoms with Gasteiger partial charge in [-0.2, -0.15) is 0 Å². The van der Waals surface area contributed by atoms with E-state index in [-0.39, 0.29) is 5.78 Å². The maximum atomic E-state index is 12.9. The van der Waals surface area contributed by atoms with Crippen molar-refractivity contribution in [2.24, 2.45) is 0 Å². The van der Waals surface area contributed by atoms with Gasteiger partial charge < -0.3 is 9.47 Å². The van der Waals surface area contributed by atoms with Gasteiger partial charge in [-0.15, -0.1) is 0 Å². The van der Waals surface area contributed by atoms with Crippen molar-refractivity contribution in [2.45, 2.75) is 58.3 Å². The van der Waals surface area contributed by atoms with Crippen molar-refractivity contribution in [1.82, 2.24) is 0 Å². The molecule has 0 saturated carbocycles. The van der Waals surface area contributed by atoms with Gasteiger partial charge in [0.2, 0.25) is 0 Å². The topological polar surface area (TPSA) is 35.5 Å². The Balaban J connectivity index is 2.00. The summed E-state index contributed by atoms with van der Waals surface area (Å²) in [4.78, 5) is 12.9. The third-order valence-electron chi connectivity index (χ3n) is 4.79. The fraction of sp³-hybridized carbons (Fsp3) is 0.480. The molecule has 0 amide bonds. The number of alkyl halides is 1. The Kier molecular flexibility index (Phi) is 11.5. The quantitative estimate of drug-likeness (QED) is 0.160. The van der Waals surface area contributed by atoms with Crippen LogP contribution in [0.25, 0.3) is 0 Å². The lowest BCUT2D eigenvalue weighted by Crippen LogP contribution is -2.07. The number of halogens is 1. The molecule has 0 N–H and O–H groups in total. The van der Waals surface area contributed by atoms with E-state index in [0.717, 1.165) is 30.3 Å². The zero-order chi connectivity index (χ0) is 20.7. The maximum Gasteiger partial charge on any atom is 0.196 e. The second-order valence-corrected chi connectivity index (χ2v) is 8.01. The van der Waals surface area contributed by atoms with Crippen LogP contribution in [-0.2, 0) is 0 Å². The van der Waals surface area contributed by atoms with E-state index < -0.39 is 0 Å². The molecule has 0 heterocycles. The van der Waals surface area contributed by atoms with Gasteiger partial charge >= 0.3 is 0 Å². The molecule has 2 rings (SSSR count). The fourth-order valence-electron chi connectivity index (χ4n) is 3.10. The SMILES string of the molecule is CCCCCCCCOc1ccc(C(=O)c2ccccc2)c(OCCCCBr)c1. The minimum atomic E-state index is -0.0245. The molecule has 0 aromatic heterocycles. The molecule has 0 spiro atoms. The molecule has 0 aliphatic heterocycles. The highest BCUT2D eigenvalue weighted by Gasteiger charge is 2.16. The molecule has 0 aliphatic carbocycles. The molecule has 0 saturated heterocycles. The molecule has 2 aromatic carbocycles. The Morgan fingerprint density at radius 3 is 2.28 bits per heavy atom. The molecule has 0 aliphatic rings. The number of unbranched alkanes of at least 4 members (excludes halogenated alkanes) is 6. The number of carbonyl (C=O) groups excluding carboxylic acids is 1. The van der Waals surface area contributed by atoms with Crippen LogP contribution in [-0.4, -0.2) is 24.3 Å². The number of ketones is 1. The van der Waals surface area contributed by atoms with E-state index >= 15 is 0 Å². The molecular weight excluding hydrogens is 428 g/mol. The summed E-state index contributed by atoms with van der Waals surface area (Å²) in [6.45, 7) is 3.51. The summed E-state index contributed by atoms with van der Waals surface area (Å²) in [6.07, 6.45) is 9.37. The first-order chi connectivity index (χ1) is 14.3. The van der Waals surface area contributed by atoms with Crippen LogP contribution in [0.15, 0.2) is 48.5 Å². The van der Waals surface area contributed by atoms with E-state index in [4.69, 9.17) is 9.47 Å². The Morgan fingerprint density at radius 1 is 0.828 bits per heavy atom. The zero-order valence-electron chi connectivity index (χ0n) is 17.5. The smallest absolute Gasteiger partial charge is 0.196 e. The van der Waals surface area contributed by atoms with Crippen LogP contribution in [0, 0.1) is 0 Å². The number of carbonyl (C=O) groups is 1. The number of hydrogen-bond donors (Lipinski definition) is 0. The number of hydrogen-bond acceptors (Lipinski definition) is 3. The van der Waals surface area contributed by atoms with Gasteiger partial charge in [0.05, 0.1) is 18.8 Å². The van der Waals surface area contributed by atoms with Gasteiger partial charge in [0.1, 0.15) is 11.5 Å². The largest absolute Gasteiger partial charge is 0.493 e. The molecule has 0 atom stereocenters. The van der Waals surface area contributed by atoms with Crippen molar-refractivity contribution in [3.05, 3.63) is 59.7 Å². The Bertz CT molecular complexity index is 715. The number of rotatable bonds is 15. The van der Waals surface area contributed by atoms with Crippen molar-refractivity contribution in [1.29, 1.82) is 0 Å². The van der Waals surface area contributed by atoms with Crippen molar-refractivity contribution in [3.8, 4) is 11.5 Å².